The predicted molar refractivity (Wildman–Crippen MR) is 64.7 cm³/mol. The first-order valence-electron chi connectivity index (χ1n) is 6.99. The standard InChI is InChI=1S/C13H22N2O2/c16-13-12(14-10-3-4-10)2-1-7-15(13)11-5-8-17-9-6-11/h10-12,14H,1-9H2. The summed E-state index contributed by atoms with van der Waals surface area (Å²) in [6.45, 7) is 2.58. The van der Waals surface area contributed by atoms with Crippen LogP contribution in [0.2, 0.25) is 0 Å². The summed E-state index contributed by atoms with van der Waals surface area (Å²) in [6.07, 6.45) is 6.70. The van der Waals surface area contributed by atoms with Gasteiger partial charge in [-0.2, -0.15) is 0 Å². The molecule has 0 radical (unpaired) electrons. The summed E-state index contributed by atoms with van der Waals surface area (Å²) < 4.78 is 5.37. The lowest BCUT2D eigenvalue weighted by Crippen LogP contribution is -2.55. The number of piperidine rings is 1. The van der Waals surface area contributed by atoms with Crippen molar-refractivity contribution in [1.29, 1.82) is 0 Å². The van der Waals surface area contributed by atoms with Gasteiger partial charge in [-0.25, -0.2) is 0 Å². The van der Waals surface area contributed by atoms with Crippen LogP contribution in [0.25, 0.3) is 0 Å². The van der Waals surface area contributed by atoms with E-state index in [2.05, 4.69) is 10.2 Å². The molecule has 4 nitrogen and oxygen atoms in total. The first-order chi connectivity index (χ1) is 8.34. The van der Waals surface area contributed by atoms with Crippen molar-refractivity contribution in [1.82, 2.24) is 10.2 Å². The zero-order valence-electron chi connectivity index (χ0n) is 10.4. The second-order valence-corrected chi connectivity index (χ2v) is 5.51. The SMILES string of the molecule is O=C1C(NC2CC2)CCCN1C1CCOCC1. The molecule has 4 heteroatoms. The van der Waals surface area contributed by atoms with Crippen LogP contribution in [-0.4, -0.2) is 48.7 Å². The fourth-order valence-corrected chi connectivity index (χ4v) is 2.95. The van der Waals surface area contributed by atoms with Gasteiger partial charge in [0.05, 0.1) is 6.04 Å². The second kappa shape index (κ2) is 4.94. The zero-order chi connectivity index (χ0) is 11.7. The van der Waals surface area contributed by atoms with Gasteiger partial charge < -0.3 is 15.0 Å². The van der Waals surface area contributed by atoms with E-state index in [4.69, 9.17) is 4.74 Å². The van der Waals surface area contributed by atoms with E-state index in [1.807, 2.05) is 0 Å². The number of carbonyl (C=O) groups is 1. The summed E-state index contributed by atoms with van der Waals surface area (Å²) in [4.78, 5) is 14.5. The molecule has 17 heavy (non-hydrogen) atoms. The smallest absolute Gasteiger partial charge is 0.239 e. The third-order valence-corrected chi connectivity index (χ3v) is 4.12. The number of amides is 1. The molecule has 1 unspecified atom stereocenters. The average molecular weight is 238 g/mol. The van der Waals surface area contributed by atoms with E-state index in [0.29, 0.717) is 18.0 Å². The molecule has 2 heterocycles. The van der Waals surface area contributed by atoms with Crippen molar-refractivity contribution in [3.05, 3.63) is 0 Å². The Kier molecular flexibility index (Phi) is 3.34. The number of rotatable bonds is 3. The lowest BCUT2D eigenvalue weighted by atomic mass is 9.99. The van der Waals surface area contributed by atoms with Crippen LogP contribution < -0.4 is 5.32 Å². The first kappa shape index (κ1) is 11.5. The molecule has 0 spiro atoms. The summed E-state index contributed by atoms with van der Waals surface area (Å²) in [5.74, 6) is 0.343. The van der Waals surface area contributed by atoms with Crippen LogP contribution in [0.1, 0.15) is 38.5 Å². The molecule has 1 N–H and O–H groups in total. The van der Waals surface area contributed by atoms with Gasteiger partial charge in [-0.1, -0.05) is 0 Å². The summed E-state index contributed by atoms with van der Waals surface area (Å²) >= 11 is 0. The monoisotopic (exact) mass is 238 g/mol. The highest BCUT2D eigenvalue weighted by molar-refractivity contribution is 5.83. The Balaban J connectivity index is 1.60. The molecular weight excluding hydrogens is 216 g/mol. The van der Waals surface area contributed by atoms with Crippen molar-refractivity contribution in [3.8, 4) is 0 Å². The molecule has 2 aliphatic heterocycles. The highest BCUT2D eigenvalue weighted by Gasteiger charge is 2.36. The minimum Gasteiger partial charge on any atom is -0.381 e. The van der Waals surface area contributed by atoms with E-state index >= 15 is 0 Å². The van der Waals surface area contributed by atoms with Gasteiger partial charge in [-0.15, -0.1) is 0 Å². The topological polar surface area (TPSA) is 41.6 Å². The van der Waals surface area contributed by atoms with E-state index in [0.717, 1.165) is 45.4 Å². The van der Waals surface area contributed by atoms with E-state index < -0.39 is 0 Å². The number of nitrogens with zero attached hydrogens (tertiary/aromatic N) is 1. The van der Waals surface area contributed by atoms with Gasteiger partial charge >= 0.3 is 0 Å². The van der Waals surface area contributed by atoms with Gasteiger partial charge in [0.1, 0.15) is 0 Å². The number of nitrogens with one attached hydrogen (secondary N) is 1. The predicted octanol–water partition coefficient (Wildman–Crippen LogP) is 0.908. The molecule has 3 fully saturated rings. The molecule has 1 saturated carbocycles. The maximum absolute atomic E-state index is 12.4. The van der Waals surface area contributed by atoms with E-state index in [1.165, 1.54) is 12.8 Å². The zero-order valence-corrected chi connectivity index (χ0v) is 10.4. The Hall–Kier alpha value is -0.610. The van der Waals surface area contributed by atoms with Crippen molar-refractivity contribution in [2.75, 3.05) is 19.8 Å². The van der Waals surface area contributed by atoms with Crippen LogP contribution in [-0.2, 0) is 9.53 Å². The Morgan fingerprint density at radius 3 is 2.59 bits per heavy atom. The van der Waals surface area contributed by atoms with Gasteiger partial charge in [-0.3, -0.25) is 4.79 Å². The molecule has 1 atom stereocenters. The number of ether oxygens (including phenoxy) is 1. The molecule has 0 aromatic rings. The largest absolute Gasteiger partial charge is 0.381 e. The number of carbonyl (C=O) groups excluding carboxylic acids is 1. The minimum absolute atomic E-state index is 0.0964. The van der Waals surface area contributed by atoms with Crippen LogP contribution in [0.3, 0.4) is 0 Å². The van der Waals surface area contributed by atoms with Gasteiger partial charge in [0, 0.05) is 31.8 Å². The van der Waals surface area contributed by atoms with Crippen molar-refractivity contribution < 1.29 is 9.53 Å². The van der Waals surface area contributed by atoms with Crippen LogP contribution >= 0.6 is 0 Å². The Bertz CT molecular complexity index is 285. The maximum atomic E-state index is 12.4. The summed E-state index contributed by atoms with van der Waals surface area (Å²) in [5, 5.41) is 3.49. The summed E-state index contributed by atoms with van der Waals surface area (Å²) in [5.41, 5.74) is 0. The number of hydrogen-bond donors (Lipinski definition) is 1. The fraction of sp³-hybridized carbons (Fsp3) is 0.923. The van der Waals surface area contributed by atoms with Crippen molar-refractivity contribution in [2.24, 2.45) is 0 Å². The van der Waals surface area contributed by atoms with Gasteiger partial charge in [-0.05, 0) is 38.5 Å². The van der Waals surface area contributed by atoms with Crippen LogP contribution in [0.15, 0.2) is 0 Å². The summed E-state index contributed by atoms with van der Waals surface area (Å²) in [7, 11) is 0. The highest BCUT2D eigenvalue weighted by atomic mass is 16.5. The number of hydrogen-bond acceptors (Lipinski definition) is 3. The van der Waals surface area contributed by atoms with Crippen molar-refractivity contribution in [3.63, 3.8) is 0 Å². The van der Waals surface area contributed by atoms with Gasteiger partial charge in [0.25, 0.3) is 0 Å². The average Bonchev–Trinajstić information content (AvgIpc) is 3.17. The molecule has 0 bridgehead atoms. The molecule has 3 rings (SSSR count). The first-order valence-corrected chi connectivity index (χ1v) is 6.99. The Labute approximate surface area is 103 Å². The van der Waals surface area contributed by atoms with Gasteiger partial charge in [0.15, 0.2) is 0 Å². The molecule has 3 aliphatic rings. The van der Waals surface area contributed by atoms with E-state index in [-0.39, 0.29) is 6.04 Å². The van der Waals surface area contributed by atoms with Crippen molar-refractivity contribution >= 4 is 5.91 Å². The maximum Gasteiger partial charge on any atom is 0.239 e. The molecule has 96 valence electrons. The van der Waals surface area contributed by atoms with E-state index in [1.54, 1.807) is 0 Å². The van der Waals surface area contributed by atoms with Crippen LogP contribution in [0, 0.1) is 0 Å². The Morgan fingerprint density at radius 1 is 1.12 bits per heavy atom. The molecule has 0 aromatic heterocycles. The lowest BCUT2D eigenvalue weighted by molar-refractivity contribution is -0.140. The molecule has 1 amide bonds. The fourth-order valence-electron chi connectivity index (χ4n) is 2.95. The lowest BCUT2D eigenvalue weighted by Gasteiger charge is -2.40. The molecule has 0 aromatic carbocycles. The van der Waals surface area contributed by atoms with Crippen LogP contribution in [0.4, 0.5) is 0 Å². The normalized spacial score (nSPS) is 31.9. The van der Waals surface area contributed by atoms with Crippen LogP contribution in [0.5, 0.6) is 0 Å². The quantitative estimate of drug-likeness (QED) is 0.794. The molecule has 2 saturated heterocycles. The second-order valence-electron chi connectivity index (χ2n) is 5.51. The third-order valence-electron chi connectivity index (χ3n) is 4.12. The third kappa shape index (κ3) is 2.63. The highest BCUT2D eigenvalue weighted by Crippen LogP contribution is 2.25. The van der Waals surface area contributed by atoms with E-state index in [9.17, 15) is 4.79 Å². The molecule has 1 aliphatic carbocycles. The summed E-state index contributed by atoms with van der Waals surface area (Å²) in [6, 6.07) is 1.15. The minimum atomic E-state index is 0.0964. The number of likely N-dealkylation sites (tertiary alicyclic amines) is 1. The van der Waals surface area contributed by atoms with Gasteiger partial charge in [0.2, 0.25) is 5.91 Å². The Morgan fingerprint density at radius 2 is 1.88 bits per heavy atom. The van der Waals surface area contributed by atoms with Crippen molar-refractivity contribution in [2.45, 2.75) is 56.7 Å². The molecular formula is C13H22N2O2.